The van der Waals surface area contributed by atoms with E-state index in [1.807, 2.05) is 42.5 Å². The highest BCUT2D eigenvalue weighted by Gasteiger charge is 2.45. The van der Waals surface area contributed by atoms with Crippen molar-refractivity contribution in [2.24, 2.45) is 0 Å². The van der Waals surface area contributed by atoms with Gasteiger partial charge in [0.05, 0.1) is 16.6 Å². The molecule has 3 nitrogen and oxygen atoms in total. The number of ether oxygens (including phenoxy) is 1. The van der Waals surface area contributed by atoms with E-state index in [1.54, 1.807) is 0 Å². The minimum atomic E-state index is -0.528. The molecule has 0 spiro atoms. The van der Waals surface area contributed by atoms with Crippen LogP contribution < -0.4 is 4.74 Å². The first-order chi connectivity index (χ1) is 23.8. The average Bonchev–Trinajstić information content (AvgIpc) is 3.17. The SMILES string of the molecule is c1ccc(-c2nc(-c3ccc(-c4ccc(C5(c6ccccc6)c6ccccc6Oc6ccccc65)cc4)cc3)c3ccccc3n2)cc1. The molecule has 0 atom stereocenters. The second-order valence-corrected chi connectivity index (χ2v) is 12.1. The van der Waals surface area contributed by atoms with Crippen LogP contribution in [0.2, 0.25) is 0 Å². The highest BCUT2D eigenvalue weighted by molar-refractivity contribution is 5.94. The predicted molar refractivity (Wildman–Crippen MR) is 194 cm³/mol. The summed E-state index contributed by atoms with van der Waals surface area (Å²) >= 11 is 0. The maximum absolute atomic E-state index is 6.47. The van der Waals surface area contributed by atoms with E-state index >= 15 is 0 Å². The van der Waals surface area contributed by atoms with E-state index in [1.165, 1.54) is 11.1 Å². The molecule has 0 aliphatic carbocycles. The molecule has 0 unspecified atom stereocenters. The van der Waals surface area contributed by atoms with Crippen molar-refractivity contribution >= 4 is 10.9 Å². The molecule has 8 aromatic rings. The lowest BCUT2D eigenvalue weighted by Crippen LogP contribution is -2.34. The van der Waals surface area contributed by atoms with Crippen LogP contribution in [0.1, 0.15) is 22.3 Å². The molecule has 2 heterocycles. The molecule has 0 N–H and O–H groups in total. The van der Waals surface area contributed by atoms with Gasteiger partial charge in [0.2, 0.25) is 0 Å². The molecule has 1 aliphatic heterocycles. The first kappa shape index (κ1) is 27.9. The van der Waals surface area contributed by atoms with Crippen molar-refractivity contribution in [3.63, 3.8) is 0 Å². The van der Waals surface area contributed by atoms with Gasteiger partial charge in [-0.25, -0.2) is 9.97 Å². The highest BCUT2D eigenvalue weighted by atomic mass is 16.5. The Morgan fingerprint density at radius 1 is 0.375 bits per heavy atom. The molecule has 0 saturated carbocycles. The Labute approximate surface area is 279 Å². The third-order valence-corrected chi connectivity index (χ3v) is 9.45. The standard InChI is InChI=1S/C45H30N2O/c1-3-13-34(14-4-1)44-46-40-20-10-7-17-37(40)43(47-44)33-25-23-31(24-26-33)32-27-29-36(30-28-32)45(35-15-5-2-6-16-35)38-18-8-11-21-41(38)48-42-22-12-9-19-39(42)45/h1-30H. The normalized spacial score (nSPS) is 12.9. The zero-order valence-electron chi connectivity index (χ0n) is 26.1. The summed E-state index contributed by atoms with van der Waals surface area (Å²) in [7, 11) is 0. The zero-order chi connectivity index (χ0) is 31.9. The fourth-order valence-corrected chi connectivity index (χ4v) is 7.22. The predicted octanol–water partition coefficient (Wildman–Crippen LogP) is 11.1. The van der Waals surface area contributed by atoms with Crippen LogP contribution in [-0.4, -0.2) is 9.97 Å². The third kappa shape index (κ3) is 4.51. The summed E-state index contributed by atoms with van der Waals surface area (Å²) < 4.78 is 6.47. The van der Waals surface area contributed by atoms with Crippen LogP contribution in [0.3, 0.4) is 0 Å². The Balaban J connectivity index is 1.13. The van der Waals surface area contributed by atoms with Crippen molar-refractivity contribution in [3.8, 4) is 45.3 Å². The lowest BCUT2D eigenvalue weighted by Gasteiger charge is -2.41. The Kier molecular flexibility index (Phi) is 6.69. The van der Waals surface area contributed by atoms with Gasteiger partial charge in [0.1, 0.15) is 11.5 Å². The van der Waals surface area contributed by atoms with Gasteiger partial charge >= 0.3 is 0 Å². The first-order valence-corrected chi connectivity index (χ1v) is 16.2. The smallest absolute Gasteiger partial charge is 0.160 e. The average molecular weight is 615 g/mol. The number of hydrogen-bond acceptors (Lipinski definition) is 3. The fourth-order valence-electron chi connectivity index (χ4n) is 7.22. The van der Waals surface area contributed by atoms with Crippen molar-refractivity contribution < 1.29 is 4.74 Å². The van der Waals surface area contributed by atoms with E-state index in [2.05, 4.69) is 140 Å². The molecule has 0 amide bonds. The monoisotopic (exact) mass is 614 g/mol. The highest BCUT2D eigenvalue weighted by Crippen LogP contribution is 2.55. The van der Waals surface area contributed by atoms with Gasteiger partial charge in [-0.2, -0.15) is 0 Å². The minimum Gasteiger partial charge on any atom is -0.457 e. The largest absolute Gasteiger partial charge is 0.457 e. The second kappa shape index (κ2) is 11.5. The number of hydrogen-bond donors (Lipinski definition) is 0. The Morgan fingerprint density at radius 2 is 0.875 bits per heavy atom. The summed E-state index contributed by atoms with van der Waals surface area (Å²) in [5.41, 5.74) is 10.4. The van der Waals surface area contributed by atoms with Crippen molar-refractivity contribution in [2.75, 3.05) is 0 Å². The molecule has 0 fully saturated rings. The Hall–Kier alpha value is -6.32. The molecule has 1 aliphatic rings. The molecule has 0 bridgehead atoms. The molecule has 7 aromatic carbocycles. The minimum absolute atomic E-state index is 0.528. The second-order valence-electron chi connectivity index (χ2n) is 12.1. The maximum Gasteiger partial charge on any atom is 0.160 e. The number of para-hydroxylation sites is 3. The molecule has 3 heteroatoms. The summed E-state index contributed by atoms with van der Waals surface area (Å²) in [6, 6.07) is 63.8. The van der Waals surface area contributed by atoms with Gasteiger partial charge in [-0.15, -0.1) is 0 Å². The lowest BCUT2D eigenvalue weighted by molar-refractivity contribution is 0.434. The van der Waals surface area contributed by atoms with E-state index in [0.717, 1.165) is 67.3 Å². The van der Waals surface area contributed by atoms with E-state index < -0.39 is 5.41 Å². The summed E-state index contributed by atoms with van der Waals surface area (Å²) in [6.07, 6.45) is 0. The van der Waals surface area contributed by atoms with Crippen LogP contribution in [0.15, 0.2) is 182 Å². The van der Waals surface area contributed by atoms with Gasteiger partial charge < -0.3 is 4.74 Å². The van der Waals surface area contributed by atoms with Crippen molar-refractivity contribution in [1.82, 2.24) is 9.97 Å². The van der Waals surface area contributed by atoms with Gasteiger partial charge in [0, 0.05) is 27.6 Å². The van der Waals surface area contributed by atoms with E-state index in [-0.39, 0.29) is 0 Å². The van der Waals surface area contributed by atoms with Crippen molar-refractivity contribution in [1.29, 1.82) is 0 Å². The van der Waals surface area contributed by atoms with Crippen molar-refractivity contribution in [2.45, 2.75) is 5.41 Å². The van der Waals surface area contributed by atoms with Crippen LogP contribution in [-0.2, 0) is 5.41 Å². The quantitative estimate of drug-likeness (QED) is 0.193. The summed E-state index contributed by atoms with van der Waals surface area (Å²) in [5, 5.41) is 1.04. The van der Waals surface area contributed by atoms with Gasteiger partial charge in [-0.1, -0.05) is 164 Å². The number of aromatic nitrogens is 2. The maximum atomic E-state index is 6.47. The first-order valence-electron chi connectivity index (χ1n) is 16.2. The third-order valence-electron chi connectivity index (χ3n) is 9.45. The van der Waals surface area contributed by atoms with Crippen LogP contribution in [0.4, 0.5) is 0 Å². The van der Waals surface area contributed by atoms with E-state index in [0.29, 0.717) is 0 Å². The van der Waals surface area contributed by atoms with Gasteiger partial charge in [0.25, 0.3) is 0 Å². The molecule has 48 heavy (non-hydrogen) atoms. The molecule has 0 saturated heterocycles. The van der Waals surface area contributed by atoms with Crippen molar-refractivity contribution in [3.05, 3.63) is 204 Å². The Bertz CT molecular complexity index is 2360. The molecular formula is C45H30N2O. The van der Waals surface area contributed by atoms with Crippen LogP contribution in [0.5, 0.6) is 11.5 Å². The van der Waals surface area contributed by atoms with E-state index in [9.17, 15) is 0 Å². The number of fused-ring (bicyclic) bond motifs is 3. The fraction of sp³-hybridized carbons (Fsp3) is 0.0222. The summed E-state index contributed by atoms with van der Waals surface area (Å²) in [5.74, 6) is 2.49. The molecule has 226 valence electrons. The number of rotatable bonds is 5. The van der Waals surface area contributed by atoms with Crippen LogP contribution >= 0.6 is 0 Å². The van der Waals surface area contributed by atoms with Gasteiger partial charge in [-0.3, -0.25) is 0 Å². The van der Waals surface area contributed by atoms with Gasteiger partial charge in [0.15, 0.2) is 5.82 Å². The van der Waals surface area contributed by atoms with E-state index in [4.69, 9.17) is 14.7 Å². The Morgan fingerprint density at radius 3 is 1.54 bits per heavy atom. The summed E-state index contributed by atoms with van der Waals surface area (Å²) in [4.78, 5) is 9.94. The van der Waals surface area contributed by atoms with Crippen LogP contribution in [0.25, 0.3) is 44.7 Å². The number of nitrogens with zero attached hydrogens (tertiary/aromatic N) is 2. The molecule has 0 radical (unpaired) electrons. The lowest BCUT2D eigenvalue weighted by atomic mass is 9.63. The topological polar surface area (TPSA) is 35.0 Å². The molecule has 1 aromatic heterocycles. The molecule has 9 rings (SSSR count). The van der Waals surface area contributed by atoms with Crippen LogP contribution in [0, 0.1) is 0 Å². The van der Waals surface area contributed by atoms with Gasteiger partial charge in [-0.05, 0) is 40.5 Å². The summed E-state index contributed by atoms with van der Waals surface area (Å²) in [6.45, 7) is 0. The number of benzene rings is 7. The zero-order valence-corrected chi connectivity index (χ0v) is 26.1. The molecular weight excluding hydrogens is 585 g/mol.